The minimum absolute atomic E-state index is 0.658. The van der Waals surface area contributed by atoms with Crippen molar-refractivity contribution in [2.75, 3.05) is 0 Å². The molecular weight excluding hydrogens is 236 g/mol. The highest BCUT2D eigenvalue weighted by atomic mass is 35.5. The fourth-order valence-corrected chi connectivity index (χ4v) is 2.05. The SMILES string of the molecule is CCc1cnn(C)c1C(O)c1ccc(Cl)cc1. The van der Waals surface area contributed by atoms with E-state index in [1.54, 1.807) is 23.0 Å². The zero-order chi connectivity index (χ0) is 12.4. The summed E-state index contributed by atoms with van der Waals surface area (Å²) in [4.78, 5) is 0. The summed E-state index contributed by atoms with van der Waals surface area (Å²) < 4.78 is 1.72. The van der Waals surface area contributed by atoms with Crippen molar-refractivity contribution in [2.45, 2.75) is 19.4 Å². The van der Waals surface area contributed by atoms with Crippen LogP contribution in [0.3, 0.4) is 0 Å². The molecule has 0 amide bonds. The van der Waals surface area contributed by atoms with E-state index in [9.17, 15) is 5.11 Å². The molecule has 0 saturated heterocycles. The summed E-state index contributed by atoms with van der Waals surface area (Å²) in [5, 5.41) is 15.2. The molecule has 0 fully saturated rings. The Morgan fingerprint density at radius 1 is 1.35 bits per heavy atom. The number of aliphatic hydroxyl groups excluding tert-OH is 1. The Morgan fingerprint density at radius 3 is 2.59 bits per heavy atom. The molecule has 1 atom stereocenters. The third-order valence-corrected chi connectivity index (χ3v) is 3.14. The third kappa shape index (κ3) is 2.35. The highest BCUT2D eigenvalue weighted by molar-refractivity contribution is 6.30. The van der Waals surface area contributed by atoms with E-state index >= 15 is 0 Å². The quantitative estimate of drug-likeness (QED) is 0.910. The largest absolute Gasteiger partial charge is 0.382 e. The molecule has 4 heteroatoms. The highest BCUT2D eigenvalue weighted by Crippen LogP contribution is 2.25. The standard InChI is InChI=1S/C13H15ClN2O/c1-3-9-8-15-16(2)12(9)13(17)10-4-6-11(14)7-5-10/h4-8,13,17H,3H2,1-2H3. The van der Waals surface area contributed by atoms with Crippen LogP contribution in [0.25, 0.3) is 0 Å². The smallest absolute Gasteiger partial charge is 0.121 e. The Balaban J connectivity index is 2.39. The normalized spacial score (nSPS) is 12.7. The molecule has 90 valence electrons. The lowest BCUT2D eigenvalue weighted by Gasteiger charge is -2.13. The lowest BCUT2D eigenvalue weighted by Crippen LogP contribution is -2.08. The summed E-state index contributed by atoms with van der Waals surface area (Å²) >= 11 is 5.83. The number of aryl methyl sites for hydroxylation is 2. The molecule has 0 radical (unpaired) electrons. The molecule has 0 spiro atoms. The van der Waals surface area contributed by atoms with Crippen LogP contribution in [0.2, 0.25) is 5.02 Å². The van der Waals surface area contributed by atoms with E-state index in [1.165, 1.54) is 0 Å². The molecule has 2 rings (SSSR count). The van der Waals surface area contributed by atoms with Gasteiger partial charge in [0.2, 0.25) is 0 Å². The van der Waals surface area contributed by atoms with E-state index in [1.807, 2.05) is 19.2 Å². The maximum atomic E-state index is 10.4. The first-order chi connectivity index (χ1) is 8.13. The molecule has 17 heavy (non-hydrogen) atoms. The van der Waals surface area contributed by atoms with Crippen molar-refractivity contribution in [3.05, 3.63) is 52.3 Å². The fourth-order valence-electron chi connectivity index (χ4n) is 1.92. The summed E-state index contributed by atoms with van der Waals surface area (Å²) in [5.74, 6) is 0. The van der Waals surface area contributed by atoms with Crippen LogP contribution in [-0.2, 0) is 13.5 Å². The summed E-state index contributed by atoms with van der Waals surface area (Å²) in [6.07, 6.45) is 2.00. The number of nitrogens with zero attached hydrogens (tertiary/aromatic N) is 2. The Labute approximate surface area is 106 Å². The van der Waals surface area contributed by atoms with Gasteiger partial charge in [-0.15, -0.1) is 0 Å². The second kappa shape index (κ2) is 4.90. The number of halogens is 1. The van der Waals surface area contributed by atoms with Crippen LogP contribution in [0.1, 0.15) is 29.8 Å². The molecule has 1 aromatic carbocycles. The van der Waals surface area contributed by atoms with E-state index < -0.39 is 6.10 Å². The van der Waals surface area contributed by atoms with Gasteiger partial charge in [-0.05, 0) is 29.7 Å². The number of hydrogen-bond acceptors (Lipinski definition) is 2. The van der Waals surface area contributed by atoms with Crippen molar-refractivity contribution in [3.8, 4) is 0 Å². The molecule has 0 aliphatic rings. The monoisotopic (exact) mass is 250 g/mol. The van der Waals surface area contributed by atoms with Gasteiger partial charge in [0.05, 0.1) is 11.9 Å². The lowest BCUT2D eigenvalue weighted by atomic mass is 10.0. The minimum Gasteiger partial charge on any atom is -0.382 e. The number of aromatic nitrogens is 2. The molecule has 1 N–H and O–H groups in total. The zero-order valence-electron chi connectivity index (χ0n) is 9.89. The number of hydrogen-bond donors (Lipinski definition) is 1. The Kier molecular flexibility index (Phi) is 3.50. The second-order valence-corrected chi connectivity index (χ2v) is 4.42. The lowest BCUT2D eigenvalue weighted by molar-refractivity contribution is 0.208. The van der Waals surface area contributed by atoms with Crippen molar-refractivity contribution in [1.29, 1.82) is 0 Å². The summed E-state index contributed by atoms with van der Waals surface area (Å²) in [7, 11) is 1.84. The first-order valence-corrected chi connectivity index (χ1v) is 5.95. The van der Waals surface area contributed by atoms with Gasteiger partial charge in [-0.3, -0.25) is 4.68 Å². The van der Waals surface area contributed by atoms with Gasteiger partial charge in [0.1, 0.15) is 6.10 Å². The van der Waals surface area contributed by atoms with Crippen LogP contribution in [-0.4, -0.2) is 14.9 Å². The maximum absolute atomic E-state index is 10.4. The summed E-state index contributed by atoms with van der Waals surface area (Å²) in [6, 6.07) is 7.23. The predicted octanol–water partition coefficient (Wildman–Crippen LogP) is 2.72. The van der Waals surface area contributed by atoms with Crippen LogP contribution in [0.5, 0.6) is 0 Å². The van der Waals surface area contributed by atoms with Crippen LogP contribution in [0, 0.1) is 0 Å². The first kappa shape index (κ1) is 12.1. The fraction of sp³-hybridized carbons (Fsp3) is 0.308. The molecule has 1 aromatic heterocycles. The Morgan fingerprint density at radius 2 is 2.00 bits per heavy atom. The minimum atomic E-state index is -0.658. The van der Waals surface area contributed by atoms with E-state index in [0.29, 0.717) is 5.02 Å². The summed E-state index contributed by atoms with van der Waals surface area (Å²) in [6.45, 7) is 2.05. The maximum Gasteiger partial charge on any atom is 0.121 e. The molecule has 1 unspecified atom stereocenters. The second-order valence-electron chi connectivity index (χ2n) is 3.99. The zero-order valence-corrected chi connectivity index (χ0v) is 10.6. The van der Waals surface area contributed by atoms with Gasteiger partial charge >= 0.3 is 0 Å². The number of rotatable bonds is 3. The van der Waals surface area contributed by atoms with E-state index in [2.05, 4.69) is 12.0 Å². The van der Waals surface area contributed by atoms with Crippen molar-refractivity contribution in [1.82, 2.24) is 9.78 Å². The van der Waals surface area contributed by atoms with E-state index in [-0.39, 0.29) is 0 Å². The molecule has 0 saturated carbocycles. The number of benzene rings is 1. The van der Waals surface area contributed by atoms with E-state index in [0.717, 1.165) is 23.2 Å². The van der Waals surface area contributed by atoms with Crippen LogP contribution < -0.4 is 0 Å². The molecule has 0 aliphatic heterocycles. The Hall–Kier alpha value is -1.32. The van der Waals surface area contributed by atoms with Crippen molar-refractivity contribution in [2.24, 2.45) is 7.05 Å². The van der Waals surface area contributed by atoms with Gasteiger partial charge in [-0.2, -0.15) is 5.10 Å². The van der Waals surface area contributed by atoms with Gasteiger partial charge in [0, 0.05) is 12.1 Å². The van der Waals surface area contributed by atoms with Crippen LogP contribution in [0.4, 0.5) is 0 Å². The van der Waals surface area contributed by atoms with Crippen molar-refractivity contribution in [3.63, 3.8) is 0 Å². The predicted molar refractivity (Wildman–Crippen MR) is 68.1 cm³/mol. The van der Waals surface area contributed by atoms with Gasteiger partial charge in [0.25, 0.3) is 0 Å². The number of aliphatic hydroxyl groups is 1. The molecular formula is C13H15ClN2O. The first-order valence-electron chi connectivity index (χ1n) is 5.57. The average molecular weight is 251 g/mol. The molecule has 0 aliphatic carbocycles. The Bertz CT molecular complexity index is 505. The molecule has 1 heterocycles. The van der Waals surface area contributed by atoms with Crippen molar-refractivity contribution < 1.29 is 5.11 Å². The average Bonchev–Trinajstić information content (AvgIpc) is 2.70. The van der Waals surface area contributed by atoms with Gasteiger partial charge in [-0.1, -0.05) is 30.7 Å². The van der Waals surface area contributed by atoms with Gasteiger partial charge < -0.3 is 5.11 Å². The van der Waals surface area contributed by atoms with E-state index in [4.69, 9.17) is 11.6 Å². The molecule has 0 bridgehead atoms. The molecule has 2 aromatic rings. The van der Waals surface area contributed by atoms with Crippen LogP contribution >= 0.6 is 11.6 Å². The van der Waals surface area contributed by atoms with Crippen LogP contribution in [0.15, 0.2) is 30.5 Å². The summed E-state index contributed by atoms with van der Waals surface area (Å²) in [5.41, 5.74) is 2.73. The molecule has 3 nitrogen and oxygen atoms in total. The topological polar surface area (TPSA) is 38.0 Å². The highest BCUT2D eigenvalue weighted by Gasteiger charge is 2.18. The third-order valence-electron chi connectivity index (χ3n) is 2.89. The van der Waals surface area contributed by atoms with Gasteiger partial charge in [-0.25, -0.2) is 0 Å². The van der Waals surface area contributed by atoms with Crippen molar-refractivity contribution >= 4 is 11.6 Å². The van der Waals surface area contributed by atoms with Gasteiger partial charge in [0.15, 0.2) is 0 Å².